The molecule has 0 amide bonds. The van der Waals surface area contributed by atoms with Crippen molar-refractivity contribution < 1.29 is 13.2 Å². The first kappa shape index (κ1) is 18.2. The Bertz CT molecular complexity index is 1010. The van der Waals surface area contributed by atoms with Gasteiger partial charge in [0, 0.05) is 4.90 Å². The van der Waals surface area contributed by atoms with Gasteiger partial charge in [-0.05, 0) is 39.0 Å². The van der Waals surface area contributed by atoms with Crippen LogP contribution in [0.3, 0.4) is 0 Å². The van der Waals surface area contributed by atoms with E-state index in [0.29, 0.717) is 21.0 Å². The van der Waals surface area contributed by atoms with Crippen LogP contribution in [-0.2, 0) is 11.7 Å². The van der Waals surface area contributed by atoms with E-state index < -0.39 is 17.3 Å². The van der Waals surface area contributed by atoms with Crippen LogP contribution in [0.2, 0.25) is 0 Å². The molecular weight excluding hydrogens is 363 g/mol. The highest BCUT2D eigenvalue weighted by Crippen LogP contribution is 2.37. The first-order chi connectivity index (χ1) is 12.1. The maximum Gasteiger partial charge on any atom is 0.417 e. The molecule has 0 unspecified atom stereocenters. The molecule has 2 aromatic heterocycles. The van der Waals surface area contributed by atoms with Gasteiger partial charge in [-0.3, -0.25) is 0 Å². The molecule has 0 fully saturated rings. The van der Waals surface area contributed by atoms with Gasteiger partial charge in [0.25, 0.3) is 0 Å². The van der Waals surface area contributed by atoms with Crippen molar-refractivity contribution in [2.24, 2.45) is 0 Å². The predicted molar refractivity (Wildman–Crippen MR) is 90.6 cm³/mol. The lowest BCUT2D eigenvalue weighted by Crippen LogP contribution is -2.23. The Morgan fingerprint density at radius 2 is 1.88 bits per heavy atom. The Hall–Kier alpha value is -2.60. The van der Waals surface area contributed by atoms with Crippen LogP contribution in [0, 0.1) is 11.3 Å². The predicted octanol–water partition coefficient (Wildman–Crippen LogP) is 4.62. The minimum Gasteiger partial charge on any atom is -0.242 e. The molecule has 1 aromatic carbocycles. The molecule has 0 atom stereocenters. The molecule has 0 saturated heterocycles. The van der Waals surface area contributed by atoms with Gasteiger partial charge in [-0.2, -0.15) is 23.5 Å². The number of alkyl halides is 3. The van der Waals surface area contributed by atoms with Crippen LogP contribution in [0.15, 0.2) is 40.6 Å². The van der Waals surface area contributed by atoms with Gasteiger partial charge in [0.05, 0.1) is 34.3 Å². The molecule has 0 aliphatic carbocycles. The van der Waals surface area contributed by atoms with E-state index in [-0.39, 0.29) is 5.54 Å². The third-order valence-electron chi connectivity index (χ3n) is 3.60. The quantitative estimate of drug-likeness (QED) is 0.610. The second-order valence-corrected chi connectivity index (χ2v) is 7.62. The van der Waals surface area contributed by atoms with Crippen molar-refractivity contribution in [1.82, 2.24) is 19.7 Å². The van der Waals surface area contributed by atoms with Crippen molar-refractivity contribution in [3.05, 3.63) is 41.9 Å². The number of nitriles is 1. The lowest BCUT2D eigenvalue weighted by molar-refractivity contribution is -0.137. The maximum atomic E-state index is 13.1. The monoisotopic (exact) mass is 377 g/mol. The van der Waals surface area contributed by atoms with Crippen molar-refractivity contribution in [2.45, 2.75) is 42.4 Å². The normalized spacial score (nSPS) is 12.3. The maximum absolute atomic E-state index is 13.1. The Labute approximate surface area is 151 Å². The average molecular weight is 377 g/mol. The molecule has 9 heteroatoms. The van der Waals surface area contributed by atoms with Crippen molar-refractivity contribution >= 4 is 22.8 Å². The van der Waals surface area contributed by atoms with Gasteiger partial charge in [0.1, 0.15) is 11.4 Å². The minimum atomic E-state index is -4.60. The van der Waals surface area contributed by atoms with Gasteiger partial charge in [0.15, 0.2) is 5.65 Å². The summed E-state index contributed by atoms with van der Waals surface area (Å²) in [6, 6.07) is 5.18. The summed E-state index contributed by atoms with van der Waals surface area (Å²) in [6.45, 7) is 5.93. The third-order valence-corrected chi connectivity index (χ3v) is 4.60. The topological polar surface area (TPSA) is 67.4 Å². The van der Waals surface area contributed by atoms with Crippen LogP contribution in [0.5, 0.6) is 0 Å². The number of fused-ring (bicyclic) bond motifs is 1. The molecule has 0 saturated carbocycles. The number of hydrogen-bond donors (Lipinski definition) is 0. The number of hydrogen-bond acceptors (Lipinski definition) is 5. The Morgan fingerprint density at radius 1 is 1.15 bits per heavy atom. The van der Waals surface area contributed by atoms with Crippen LogP contribution in [0.1, 0.15) is 31.9 Å². The highest BCUT2D eigenvalue weighted by molar-refractivity contribution is 7.99. The first-order valence-electron chi connectivity index (χ1n) is 7.59. The van der Waals surface area contributed by atoms with Crippen molar-refractivity contribution in [1.29, 1.82) is 5.26 Å². The molecular formula is C17H14F3N5S. The van der Waals surface area contributed by atoms with E-state index in [4.69, 9.17) is 5.26 Å². The third kappa shape index (κ3) is 3.37. The summed E-state index contributed by atoms with van der Waals surface area (Å²) < 4.78 is 41.2. The Morgan fingerprint density at radius 3 is 2.50 bits per heavy atom. The van der Waals surface area contributed by atoms with Crippen LogP contribution in [0.25, 0.3) is 11.0 Å². The van der Waals surface area contributed by atoms with Gasteiger partial charge in [-0.25, -0.2) is 14.6 Å². The zero-order valence-corrected chi connectivity index (χ0v) is 15.0. The summed E-state index contributed by atoms with van der Waals surface area (Å²) in [6.07, 6.45) is -1.63. The smallest absolute Gasteiger partial charge is 0.242 e. The molecule has 134 valence electrons. The molecule has 0 bridgehead atoms. The average Bonchev–Trinajstić information content (AvgIpc) is 2.99. The molecule has 5 nitrogen and oxygen atoms in total. The fourth-order valence-corrected chi connectivity index (χ4v) is 3.32. The molecule has 0 radical (unpaired) electrons. The summed E-state index contributed by atoms with van der Waals surface area (Å²) >= 11 is 1.08. The number of benzene rings is 1. The van der Waals surface area contributed by atoms with Crippen molar-refractivity contribution in [2.75, 3.05) is 0 Å². The summed E-state index contributed by atoms with van der Waals surface area (Å²) in [5.41, 5.74) is -1.05. The minimum absolute atomic E-state index is 0.296. The number of nitrogens with zero attached hydrogens (tertiary/aromatic N) is 5. The first-order valence-corrected chi connectivity index (χ1v) is 8.41. The van der Waals surface area contributed by atoms with E-state index in [1.54, 1.807) is 16.9 Å². The van der Waals surface area contributed by atoms with Crippen LogP contribution < -0.4 is 0 Å². The van der Waals surface area contributed by atoms with Crippen LogP contribution >= 0.6 is 11.8 Å². The Balaban J connectivity index is 2.05. The SMILES string of the molecule is CC(C)(C)n1ncc2c(Sc3ccc(C#N)c(C(F)(F)F)c3)ncnc21. The number of halogens is 3. The van der Waals surface area contributed by atoms with Gasteiger partial charge >= 0.3 is 6.18 Å². The molecule has 0 aliphatic heterocycles. The zero-order chi connectivity index (χ0) is 19.1. The molecule has 3 rings (SSSR count). The fraction of sp³-hybridized carbons (Fsp3) is 0.294. The zero-order valence-electron chi connectivity index (χ0n) is 14.2. The summed E-state index contributed by atoms with van der Waals surface area (Å²) in [7, 11) is 0. The van der Waals surface area contributed by atoms with Gasteiger partial charge in [-0.1, -0.05) is 11.8 Å². The van der Waals surface area contributed by atoms with E-state index in [1.807, 2.05) is 20.8 Å². The molecule has 0 N–H and O–H groups in total. The fourth-order valence-electron chi connectivity index (χ4n) is 2.43. The second-order valence-electron chi connectivity index (χ2n) is 6.56. The summed E-state index contributed by atoms with van der Waals surface area (Å²) in [4.78, 5) is 8.76. The summed E-state index contributed by atoms with van der Waals surface area (Å²) in [5, 5.41) is 14.4. The van der Waals surface area contributed by atoms with E-state index >= 15 is 0 Å². The van der Waals surface area contributed by atoms with E-state index in [9.17, 15) is 13.2 Å². The summed E-state index contributed by atoms with van der Waals surface area (Å²) in [5.74, 6) is 0. The van der Waals surface area contributed by atoms with Crippen molar-refractivity contribution in [3.63, 3.8) is 0 Å². The van der Waals surface area contributed by atoms with Crippen LogP contribution in [-0.4, -0.2) is 19.7 Å². The van der Waals surface area contributed by atoms with Gasteiger partial charge in [0.2, 0.25) is 0 Å². The number of aromatic nitrogens is 4. The highest BCUT2D eigenvalue weighted by atomic mass is 32.2. The molecule has 3 aromatic rings. The van der Waals surface area contributed by atoms with Gasteiger partial charge in [-0.15, -0.1) is 0 Å². The lowest BCUT2D eigenvalue weighted by atomic mass is 10.1. The van der Waals surface area contributed by atoms with Gasteiger partial charge < -0.3 is 0 Å². The lowest BCUT2D eigenvalue weighted by Gasteiger charge is -2.19. The molecule has 0 spiro atoms. The van der Waals surface area contributed by atoms with Crippen LogP contribution in [0.4, 0.5) is 13.2 Å². The molecule has 2 heterocycles. The second kappa shape index (κ2) is 6.29. The number of rotatable bonds is 2. The van der Waals surface area contributed by atoms with E-state index in [1.165, 1.54) is 18.5 Å². The van der Waals surface area contributed by atoms with E-state index in [0.717, 1.165) is 17.8 Å². The molecule has 0 aliphatic rings. The highest BCUT2D eigenvalue weighted by Gasteiger charge is 2.34. The largest absolute Gasteiger partial charge is 0.417 e. The Kier molecular flexibility index (Phi) is 4.40. The van der Waals surface area contributed by atoms with Crippen molar-refractivity contribution in [3.8, 4) is 6.07 Å². The standard InChI is InChI=1S/C17H14F3N5S/c1-16(2,3)25-14-12(8-24-25)15(23-9-22-14)26-11-5-4-10(7-21)13(6-11)17(18,19)20/h4-6,8-9H,1-3H3. The molecule has 26 heavy (non-hydrogen) atoms. The van der Waals surface area contributed by atoms with E-state index in [2.05, 4.69) is 15.1 Å².